The summed E-state index contributed by atoms with van der Waals surface area (Å²) in [7, 11) is 0. The molecular formula is C21H24N2O. The van der Waals surface area contributed by atoms with Crippen molar-refractivity contribution in [1.82, 2.24) is 10.2 Å². The van der Waals surface area contributed by atoms with E-state index in [-0.39, 0.29) is 5.41 Å². The van der Waals surface area contributed by atoms with Crippen LogP contribution in [0.4, 0.5) is 0 Å². The third-order valence-electron chi connectivity index (χ3n) is 7.73. The van der Waals surface area contributed by atoms with Crippen molar-refractivity contribution in [3.05, 3.63) is 29.5 Å². The molecule has 0 aliphatic heterocycles. The van der Waals surface area contributed by atoms with Gasteiger partial charge in [-0.2, -0.15) is 5.10 Å². The van der Waals surface area contributed by atoms with Gasteiger partial charge in [-0.25, -0.2) is 0 Å². The molecule has 5 atom stereocenters. The molecule has 2 saturated carbocycles. The largest absolute Gasteiger partial charge is 0.377 e. The fraction of sp³-hybridized carbons (Fsp3) is 0.571. The number of rotatable bonds is 0. The number of H-pyrrole nitrogens is 1. The lowest BCUT2D eigenvalue weighted by atomic mass is 9.53. The number of aryl methyl sites for hydroxylation is 1. The van der Waals surface area contributed by atoms with Crippen LogP contribution < -0.4 is 0 Å². The zero-order chi connectivity index (χ0) is 16.5. The maximum Gasteiger partial charge on any atom is 0.130 e. The molecule has 124 valence electrons. The van der Waals surface area contributed by atoms with E-state index in [4.69, 9.17) is 6.42 Å². The van der Waals surface area contributed by atoms with Crippen LogP contribution in [0.15, 0.2) is 18.3 Å². The molecule has 24 heavy (non-hydrogen) atoms. The maximum absolute atomic E-state index is 11.0. The quantitative estimate of drug-likeness (QED) is 0.726. The Hall–Kier alpha value is -1.79. The molecule has 3 aliphatic rings. The number of aromatic amines is 1. The van der Waals surface area contributed by atoms with E-state index in [9.17, 15) is 5.11 Å². The molecule has 5 rings (SSSR count). The standard InChI is InChI=1S/C21H24N2O/c1-3-21(24)11-9-18-16-5-4-14-13(15(16)8-10-20(18,21)2)6-7-19-17(14)12-22-23-19/h1,6-7,12,15-16,18,24H,4-5,8-11H2,2H3,(H,22,23)/t15?,16?,18?,20-,21-/m0/s1. The Labute approximate surface area is 142 Å². The summed E-state index contributed by atoms with van der Waals surface area (Å²) in [5, 5.41) is 19.6. The van der Waals surface area contributed by atoms with Gasteiger partial charge in [-0.15, -0.1) is 6.42 Å². The molecule has 0 spiro atoms. The summed E-state index contributed by atoms with van der Waals surface area (Å²) < 4.78 is 0. The van der Waals surface area contributed by atoms with Gasteiger partial charge in [0.05, 0.1) is 11.7 Å². The van der Waals surface area contributed by atoms with Crippen LogP contribution in [0.2, 0.25) is 0 Å². The number of aromatic nitrogens is 2. The first-order valence-electron chi connectivity index (χ1n) is 9.22. The average Bonchev–Trinajstić information content (AvgIpc) is 3.18. The molecular weight excluding hydrogens is 296 g/mol. The molecule has 1 heterocycles. The van der Waals surface area contributed by atoms with Crippen molar-refractivity contribution < 1.29 is 5.11 Å². The number of benzene rings is 1. The summed E-state index contributed by atoms with van der Waals surface area (Å²) in [4.78, 5) is 0. The van der Waals surface area contributed by atoms with E-state index in [1.807, 2.05) is 6.20 Å². The van der Waals surface area contributed by atoms with Crippen LogP contribution in [-0.4, -0.2) is 20.9 Å². The molecule has 0 amide bonds. The number of fused-ring (bicyclic) bond motifs is 7. The van der Waals surface area contributed by atoms with Gasteiger partial charge in [-0.05, 0) is 73.5 Å². The lowest BCUT2D eigenvalue weighted by Gasteiger charge is -2.52. The SMILES string of the molecule is C#C[C@]1(O)CCC2C3CCc4c(ccc5[nH]ncc45)C3CC[C@@]21C. The topological polar surface area (TPSA) is 48.9 Å². The fourth-order valence-electron chi connectivity index (χ4n) is 6.36. The second-order valence-electron chi connectivity index (χ2n) is 8.38. The second kappa shape index (κ2) is 4.64. The van der Waals surface area contributed by atoms with Gasteiger partial charge in [0.2, 0.25) is 0 Å². The average molecular weight is 320 g/mol. The maximum atomic E-state index is 11.0. The van der Waals surface area contributed by atoms with Gasteiger partial charge < -0.3 is 5.11 Å². The van der Waals surface area contributed by atoms with E-state index in [0.717, 1.165) is 37.6 Å². The van der Waals surface area contributed by atoms with Gasteiger partial charge in [0.25, 0.3) is 0 Å². The molecule has 3 heteroatoms. The van der Waals surface area contributed by atoms with E-state index in [1.54, 1.807) is 0 Å². The zero-order valence-electron chi connectivity index (χ0n) is 14.2. The predicted octanol–water partition coefficient (Wildman–Crippen LogP) is 3.78. The molecule has 0 bridgehead atoms. The molecule has 3 nitrogen and oxygen atoms in total. The highest BCUT2D eigenvalue weighted by Crippen LogP contribution is 2.64. The van der Waals surface area contributed by atoms with E-state index < -0.39 is 5.60 Å². The number of hydrogen-bond donors (Lipinski definition) is 2. The third kappa shape index (κ3) is 1.60. The third-order valence-corrected chi connectivity index (χ3v) is 7.73. The van der Waals surface area contributed by atoms with Crippen molar-refractivity contribution in [3.63, 3.8) is 0 Å². The van der Waals surface area contributed by atoms with Crippen LogP contribution in [0.25, 0.3) is 10.9 Å². The number of nitrogens with zero attached hydrogens (tertiary/aromatic N) is 1. The van der Waals surface area contributed by atoms with Crippen molar-refractivity contribution in [2.75, 3.05) is 0 Å². The van der Waals surface area contributed by atoms with Crippen molar-refractivity contribution in [2.24, 2.45) is 17.3 Å². The molecule has 1 aromatic carbocycles. The van der Waals surface area contributed by atoms with Crippen LogP contribution in [0.3, 0.4) is 0 Å². The molecule has 3 unspecified atom stereocenters. The highest BCUT2D eigenvalue weighted by atomic mass is 16.3. The highest BCUT2D eigenvalue weighted by molar-refractivity contribution is 5.83. The monoisotopic (exact) mass is 320 g/mol. The van der Waals surface area contributed by atoms with E-state index in [1.165, 1.54) is 22.9 Å². The number of nitrogens with one attached hydrogen (secondary N) is 1. The smallest absolute Gasteiger partial charge is 0.130 e. The molecule has 1 aromatic heterocycles. The van der Waals surface area contributed by atoms with Crippen molar-refractivity contribution in [2.45, 2.75) is 57.0 Å². The summed E-state index contributed by atoms with van der Waals surface area (Å²) >= 11 is 0. The van der Waals surface area contributed by atoms with Gasteiger partial charge in [-0.1, -0.05) is 18.9 Å². The lowest BCUT2D eigenvalue weighted by Crippen LogP contribution is -2.50. The van der Waals surface area contributed by atoms with Gasteiger partial charge in [0.1, 0.15) is 5.60 Å². The molecule has 2 N–H and O–H groups in total. The summed E-state index contributed by atoms with van der Waals surface area (Å²) in [5.74, 6) is 4.58. The van der Waals surface area contributed by atoms with Crippen LogP contribution in [0.1, 0.15) is 56.1 Å². The first kappa shape index (κ1) is 14.5. The van der Waals surface area contributed by atoms with E-state index in [0.29, 0.717) is 17.8 Å². The number of hydrogen-bond acceptors (Lipinski definition) is 2. The van der Waals surface area contributed by atoms with Gasteiger partial charge in [0, 0.05) is 10.8 Å². The minimum Gasteiger partial charge on any atom is -0.377 e. The minimum atomic E-state index is -0.905. The van der Waals surface area contributed by atoms with Gasteiger partial charge in [-0.3, -0.25) is 5.10 Å². The normalized spacial score (nSPS) is 40.6. The second-order valence-corrected chi connectivity index (χ2v) is 8.38. The van der Waals surface area contributed by atoms with Crippen molar-refractivity contribution >= 4 is 10.9 Å². The van der Waals surface area contributed by atoms with Crippen LogP contribution >= 0.6 is 0 Å². The Morgan fingerprint density at radius 2 is 2.17 bits per heavy atom. The highest BCUT2D eigenvalue weighted by Gasteiger charge is 2.61. The summed E-state index contributed by atoms with van der Waals surface area (Å²) in [6.07, 6.45) is 14.1. The Morgan fingerprint density at radius 3 is 3.00 bits per heavy atom. The van der Waals surface area contributed by atoms with Crippen LogP contribution in [0, 0.1) is 29.6 Å². The summed E-state index contributed by atoms with van der Waals surface area (Å²) in [6.45, 7) is 2.25. The van der Waals surface area contributed by atoms with Crippen molar-refractivity contribution in [3.8, 4) is 12.3 Å². The molecule has 3 aliphatic carbocycles. The van der Waals surface area contributed by atoms with E-state index >= 15 is 0 Å². The molecule has 0 saturated heterocycles. The number of aliphatic hydroxyl groups is 1. The minimum absolute atomic E-state index is 0.111. The molecule has 2 fully saturated rings. The molecule has 0 radical (unpaired) electrons. The Kier molecular flexibility index (Phi) is 2.81. The Balaban J connectivity index is 1.58. The number of terminal acetylenes is 1. The van der Waals surface area contributed by atoms with Gasteiger partial charge >= 0.3 is 0 Å². The molecule has 2 aromatic rings. The summed E-state index contributed by atoms with van der Waals surface area (Å²) in [5.41, 5.74) is 3.16. The fourth-order valence-corrected chi connectivity index (χ4v) is 6.36. The lowest BCUT2D eigenvalue weighted by molar-refractivity contribution is -0.0646. The van der Waals surface area contributed by atoms with Crippen molar-refractivity contribution in [1.29, 1.82) is 0 Å². The Bertz CT molecular complexity index is 862. The van der Waals surface area contributed by atoms with E-state index in [2.05, 4.69) is 35.2 Å². The summed E-state index contributed by atoms with van der Waals surface area (Å²) in [6, 6.07) is 4.50. The van der Waals surface area contributed by atoms with Crippen LogP contribution in [0.5, 0.6) is 0 Å². The first-order valence-corrected chi connectivity index (χ1v) is 9.22. The van der Waals surface area contributed by atoms with Crippen LogP contribution in [-0.2, 0) is 6.42 Å². The van der Waals surface area contributed by atoms with Gasteiger partial charge in [0.15, 0.2) is 0 Å². The first-order chi connectivity index (χ1) is 11.6. The zero-order valence-corrected chi connectivity index (χ0v) is 14.2. The Morgan fingerprint density at radius 1 is 1.29 bits per heavy atom. The predicted molar refractivity (Wildman–Crippen MR) is 94.5 cm³/mol.